The van der Waals surface area contributed by atoms with Gasteiger partial charge in [-0.25, -0.2) is 4.40 Å². The summed E-state index contributed by atoms with van der Waals surface area (Å²) in [5.74, 6) is 2.21. The highest BCUT2D eigenvalue weighted by molar-refractivity contribution is 7.99. The summed E-state index contributed by atoms with van der Waals surface area (Å²) >= 11 is 3.36. The van der Waals surface area contributed by atoms with Gasteiger partial charge >= 0.3 is 0 Å². The molecule has 3 aromatic heterocycles. The molecular weight excluding hydrogens is 440 g/mol. The number of nitrogens with zero attached hydrogens (tertiary/aromatic N) is 4. The van der Waals surface area contributed by atoms with Gasteiger partial charge in [-0.3, -0.25) is 9.36 Å². The molecule has 0 fully saturated rings. The van der Waals surface area contributed by atoms with Gasteiger partial charge in [0.1, 0.15) is 4.83 Å². The first-order valence-corrected chi connectivity index (χ1v) is 12.9. The number of rotatable bonds is 6. The molecule has 1 aromatic carbocycles. The third-order valence-electron chi connectivity index (χ3n) is 5.90. The SMILES string of the molecule is CC(C)CCSc1nnc2n(Cc3ccccc3)c(=O)c3c4c(sc3n12)COC(C)(C)C4. The van der Waals surface area contributed by atoms with Crippen molar-refractivity contribution in [2.24, 2.45) is 5.92 Å². The molecule has 0 spiro atoms. The van der Waals surface area contributed by atoms with Crippen molar-refractivity contribution >= 4 is 39.1 Å². The quantitative estimate of drug-likeness (QED) is 0.367. The monoisotopic (exact) mass is 468 g/mol. The highest BCUT2D eigenvalue weighted by Gasteiger charge is 2.32. The second-order valence-electron chi connectivity index (χ2n) is 9.43. The van der Waals surface area contributed by atoms with E-state index in [1.807, 2.05) is 30.3 Å². The Morgan fingerprint density at radius 1 is 1.22 bits per heavy atom. The van der Waals surface area contributed by atoms with Gasteiger partial charge in [-0.1, -0.05) is 55.9 Å². The molecule has 5 rings (SSSR count). The summed E-state index contributed by atoms with van der Waals surface area (Å²) in [6, 6.07) is 10.1. The molecule has 32 heavy (non-hydrogen) atoms. The van der Waals surface area contributed by atoms with Crippen LogP contribution in [-0.4, -0.2) is 30.5 Å². The third-order valence-corrected chi connectivity index (χ3v) is 8.05. The van der Waals surface area contributed by atoms with E-state index in [1.165, 1.54) is 0 Å². The number of thioether (sulfide) groups is 1. The fraction of sp³-hybridized carbons (Fsp3) is 0.458. The molecule has 168 valence electrons. The second kappa shape index (κ2) is 8.32. The maximum absolute atomic E-state index is 13.8. The highest BCUT2D eigenvalue weighted by atomic mass is 32.2. The second-order valence-corrected chi connectivity index (χ2v) is 11.6. The summed E-state index contributed by atoms with van der Waals surface area (Å²) in [7, 11) is 0. The van der Waals surface area contributed by atoms with Crippen LogP contribution in [0.15, 0.2) is 40.3 Å². The number of benzene rings is 1. The van der Waals surface area contributed by atoms with Crippen molar-refractivity contribution in [2.75, 3.05) is 5.75 Å². The number of hydrogen-bond donors (Lipinski definition) is 0. The summed E-state index contributed by atoms with van der Waals surface area (Å²) in [4.78, 5) is 15.9. The van der Waals surface area contributed by atoms with E-state index in [0.717, 1.165) is 50.0 Å². The first-order chi connectivity index (χ1) is 15.3. The summed E-state index contributed by atoms with van der Waals surface area (Å²) < 4.78 is 9.94. The van der Waals surface area contributed by atoms with E-state index in [-0.39, 0.29) is 11.2 Å². The van der Waals surface area contributed by atoms with E-state index in [4.69, 9.17) is 4.74 Å². The molecule has 0 saturated carbocycles. The number of ether oxygens (including phenoxy) is 1. The van der Waals surface area contributed by atoms with Crippen molar-refractivity contribution in [3.8, 4) is 0 Å². The first-order valence-electron chi connectivity index (χ1n) is 11.1. The largest absolute Gasteiger partial charge is 0.370 e. The van der Waals surface area contributed by atoms with Gasteiger partial charge in [-0.2, -0.15) is 0 Å². The van der Waals surface area contributed by atoms with E-state index in [9.17, 15) is 4.79 Å². The lowest BCUT2D eigenvalue weighted by molar-refractivity contribution is -0.0379. The van der Waals surface area contributed by atoms with Crippen molar-refractivity contribution in [1.82, 2.24) is 19.2 Å². The Bertz CT molecular complexity index is 1340. The van der Waals surface area contributed by atoms with Crippen LogP contribution >= 0.6 is 23.1 Å². The predicted molar refractivity (Wildman–Crippen MR) is 131 cm³/mol. The molecule has 8 heteroatoms. The van der Waals surface area contributed by atoms with E-state index in [1.54, 1.807) is 27.7 Å². The van der Waals surface area contributed by atoms with Crippen LogP contribution in [0.3, 0.4) is 0 Å². The van der Waals surface area contributed by atoms with Crippen LogP contribution in [0.4, 0.5) is 0 Å². The summed E-state index contributed by atoms with van der Waals surface area (Å²) in [5, 5.41) is 10.7. The zero-order chi connectivity index (χ0) is 22.5. The van der Waals surface area contributed by atoms with E-state index in [2.05, 4.69) is 42.3 Å². The summed E-state index contributed by atoms with van der Waals surface area (Å²) in [6.45, 7) is 9.65. The van der Waals surface area contributed by atoms with Crippen molar-refractivity contribution in [1.29, 1.82) is 0 Å². The van der Waals surface area contributed by atoms with Crippen LogP contribution in [0, 0.1) is 5.92 Å². The molecule has 0 atom stereocenters. The first kappa shape index (κ1) is 21.7. The van der Waals surface area contributed by atoms with Gasteiger partial charge in [0.15, 0.2) is 5.16 Å². The van der Waals surface area contributed by atoms with Crippen LogP contribution in [-0.2, 0) is 24.3 Å². The standard InChI is InChI=1S/C24H28N4O2S2/c1-15(2)10-11-31-23-26-25-22-27(13-16-8-6-5-7-9-16)20(29)19-17-12-24(3,4)30-14-18(17)32-21(19)28(22)23/h5-9,15H,10-14H2,1-4H3. The highest BCUT2D eigenvalue weighted by Crippen LogP contribution is 2.38. The lowest BCUT2D eigenvalue weighted by Crippen LogP contribution is -2.32. The third kappa shape index (κ3) is 3.89. The number of hydrogen-bond acceptors (Lipinski definition) is 6. The maximum atomic E-state index is 13.8. The van der Waals surface area contributed by atoms with Gasteiger partial charge < -0.3 is 4.74 Å². The zero-order valence-corrected chi connectivity index (χ0v) is 20.6. The molecular formula is C24H28N4O2S2. The lowest BCUT2D eigenvalue weighted by atomic mass is 9.94. The molecule has 0 N–H and O–H groups in total. The van der Waals surface area contributed by atoms with Crippen molar-refractivity contribution in [2.45, 2.75) is 64.4 Å². The van der Waals surface area contributed by atoms with Gasteiger partial charge in [-0.15, -0.1) is 21.5 Å². The average Bonchev–Trinajstić information content (AvgIpc) is 3.32. The van der Waals surface area contributed by atoms with Gasteiger partial charge in [0.05, 0.1) is 24.1 Å². The zero-order valence-electron chi connectivity index (χ0n) is 18.9. The van der Waals surface area contributed by atoms with Crippen molar-refractivity contribution in [3.63, 3.8) is 0 Å². The number of fused-ring (bicyclic) bond motifs is 5. The number of aromatic nitrogens is 4. The van der Waals surface area contributed by atoms with Gasteiger partial charge in [0.2, 0.25) is 5.78 Å². The van der Waals surface area contributed by atoms with E-state index < -0.39 is 0 Å². The van der Waals surface area contributed by atoms with Crippen LogP contribution in [0.5, 0.6) is 0 Å². The normalized spacial score (nSPS) is 15.7. The molecule has 1 aliphatic rings. The minimum Gasteiger partial charge on any atom is -0.370 e. The molecule has 4 aromatic rings. The Morgan fingerprint density at radius 3 is 2.75 bits per heavy atom. The molecule has 0 radical (unpaired) electrons. The van der Waals surface area contributed by atoms with Crippen LogP contribution < -0.4 is 5.56 Å². The molecule has 4 heterocycles. The Balaban J connectivity index is 1.73. The summed E-state index contributed by atoms with van der Waals surface area (Å²) in [5.41, 5.74) is 1.93. The average molecular weight is 469 g/mol. The Hall–Kier alpha value is -2.16. The minimum atomic E-state index is -0.283. The van der Waals surface area contributed by atoms with Gasteiger partial charge in [0.25, 0.3) is 5.56 Å². The van der Waals surface area contributed by atoms with Crippen LogP contribution in [0.25, 0.3) is 16.0 Å². The van der Waals surface area contributed by atoms with Crippen LogP contribution in [0.1, 0.15) is 50.1 Å². The molecule has 0 amide bonds. The topological polar surface area (TPSA) is 61.4 Å². The summed E-state index contributed by atoms with van der Waals surface area (Å²) in [6.07, 6.45) is 1.84. The van der Waals surface area contributed by atoms with Crippen molar-refractivity contribution in [3.05, 3.63) is 56.7 Å². The Kier molecular flexibility index (Phi) is 5.63. The van der Waals surface area contributed by atoms with Gasteiger partial charge in [-0.05, 0) is 37.3 Å². The molecule has 0 aliphatic carbocycles. The number of thiophene rings is 1. The van der Waals surface area contributed by atoms with Crippen molar-refractivity contribution < 1.29 is 4.74 Å². The Labute approximate surface area is 195 Å². The lowest BCUT2D eigenvalue weighted by Gasteiger charge is -2.29. The predicted octanol–water partition coefficient (Wildman–Crippen LogP) is 5.14. The fourth-order valence-electron chi connectivity index (χ4n) is 4.15. The van der Waals surface area contributed by atoms with E-state index in [0.29, 0.717) is 24.8 Å². The van der Waals surface area contributed by atoms with E-state index >= 15 is 0 Å². The molecule has 1 aliphatic heterocycles. The molecule has 0 unspecified atom stereocenters. The molecule has 6 nitrogen and oxygen atoms in total. The van der Waals surface area contributed by atoms with Gasteiger partial charge in [0, 0.05) is 17.1 Å². The molecule has 0 bridgehead atoms. The minimum absolute atomic E-state index is 0.0117. The van der Waals surface area contributed by atoms with Crippen LogP contribution in [0.2, 0.25) is 0 Å². The Morgan fingerprint density at radius 2 is 2.00 bits per heavy atom. The molecule has 0 saturated heterocycles. The smallest absolute Gasteiger partial charge is 0.264 e. The maximum Gasteiger partial charge on any atom is 0.264 e. The fourth-order valence-corrected chi connectivity index (χ4v) is 6.60.